The first kappa shape index (κ1) is 9.99. The fourth-order valence-electron chi connectivity index (χ4n) is 1.18. The molecular weight excluding hydrogens is 166 g/mol. The first-order valence-electron chi connectivity index (χ1n) is 4.41. The first-order valence-corrected chi connectivity index (χ1v) is 4.41. The third-order valence-corrected chi connectivity index (χ3v) is 2.00. The van der Waals surface area contributed by atoms with E-state index in [0.29, 0.717) is 0 Å². The largest absolute Gasteiger partial charge is 0.396 e. The second-order valence-electron chi connectivity index (χ2n) is 3.48. The molecule has 0 saturated carbocycles. The molecule has 3 nitrogen and oxygen atoms in total. The minimum atomic E-state index is 0.0629. The number of aliphatic hydroxyl groups is 1. The summed E-state index contributed by atoms with van der Waals surface area (Å²) in [7, 11) is 0. The van der Waals surface area contributed by atoms with Crippen molar-refractivity contribution in [3.63, 3.8) is 0 Å². The smallest absolute Gasteiger partial charge is 0.184 e. The molecule has 72 valence electrons. The molecule has 0 aliphatic rings. The molecule has 1 unspecified atom stereocenters. The van der Waals surface area contributed by atoms with Gasteiger partial charge in [0, 0.05) is 37.2 Å². The van der Waals surface area contributed by atoms with Gasteiger partial charge in [0.05, 0.1) is 0 Å². The molecule has 0 aromatic carbocycles. The molecule has 1 aromatic rings. The monoisotopic (exact) mass is 181 g/mol. The summed E-state index contributed by atoms with van der Waals surface area (Å²) in [6.45, 7) is 4.68. The van der Waals surface area contributed by atoms with Crippen molar-refractivity contribution in [2.75, 3.05) is 6.61 Å². The van der Waals surface area contributed by atoms with Crippen molar-refractivity contribution in [1.82, 2.24) is 4.57 Å². The summed E-state index contributed by atoms with van der Waals surface area (Å²) in [5.41, 5.74) is 0.806. The molecule has 1 aromatic heterocycles. The van der Waals surface area contributed by atoms with E-state index in [1.54, 1.807) is 19.2 Å². The summed E-state index contributed by atoms with van der Waals surface area (Å²) in [6.07, 6.45) is 3.57. The van der Waals surface area contributed by atoms with Crippen LogP contribution in [0.5, 0.6) is 0 Å². The minimum Gasteiger partial charge on any atom is -0.396 e. The van der Waals surface area contributed by atoms with E-state index in [9.17, 15) is 4.79 Å². The number of rotatable bonds is 3. The summed E-state index contributed by atoms with van der Waals surface area (Å²) in [5.74, 6) is 0.224. The van der Waals surface area contributed by atoms with Crippen molar-refractivity contribution in [3.8, 4) is 0 Å². The van der Waals surface area contributed by atoms with Crippen molar-refractivity contribution >= 4 is 0 Å². The van der Waals surface area contributed by atoms with Gasteiger partial charge in [0.25, 0.3) is 0 Å². The number of hydrogen-bond acceptors (Lipinski definition) is 2. The van der Waals surface area contributed by atoms with Crippen LogP contribution < -0.4 is 5.43 Å². The maximum absolute atomic E-state index is 11.1. The summed E-state index contributed by atoms with van der Waals surface area (Å²) >= 11 is 0. The van der Waals surface area contributed by atoms with Gasteiger partial charge in [-0.25, -0.2) is 0 Å². The van der Waals surface area contributed by atoms with Crippen molar-refractivity contribution in [3.05, 3.63) is 34.2 Å². The Hall–Kier alpha value is -1.09. The zero-order valence-electron chi connectivity index (χ0n) is 8.03. The summed E-state index contributed by atoms with van der Waals surface area (Å²) < 4.78 is 1.93. The highest BCUT2D eigenvalue weighted by Gasteiger charge is 2.00. The van der Waals surface area contributed by atoms with E-state index in [1.807, 2.05) is 17.7 Å². The van der Waals surface area contributed by atoms with Crippen LogP contribution in [0.4, 0.5) is 0 Å². The summed E-state index contributed by atoms with van der Waals surface area (Å²) in [6, 6.07) is 1.55. The lowest BCUT2D eigenvalue weighted by molar-refractivity contribution is 0.222. The van der Waals surface area contributed by atoms with Gasteiger partial charge in [-0.05, 0) is 12.8 Å². The van der Waals surface area contributed by atoms with Crippen LogP contribution in [-0.2, 0) is 6.54 Å². The zero-order chi connectivity index (χ0) is 9.84. The molecule has 13 heavy (non-hydrogen) atoms. The van der Waals surface area contributed by atoms with Crippen molar-refractivity contribution in [1.29, 1.82) is 0 Å². The Morgan fingerprint density at radius 1 is 1.62 bits per heavy atom. The maximum atomic E-state index is 11.1. The van der Waals surface area contributed by atoms with Gasteiger partial charge in [-0.1, -0.05) is 6.92 Å². The fraction of sp³-hybridized carbons (Fsp3) is 0.500. The van der Waals surface area contributed by atoms with Crippen LogP contribution in [0.1, 0.15) is 12.5 Å². The van der Waals surface area contributed by atoms with Crippen LogP contribution in [-0.4, -0.2) is 16.3 Å². The van der Waals surface area contributed by atoms with Crippen LogP contribution in [0.15, 0.2) is 23.3 Å². The van der Waals surface area contributed by atoms with Gasteiger partial charge in [-0.3, -0.25) is 4.79 Å². The van der Waals surface area contributed by atoms with E-state index in [1.165, 1.54) is 0 Å². The van der Waals surface area contributed by atoms with Crippen molar-refractivity contribution < 1.29 is 5.11 Å². The molecule has 1 atom stereocenters. The van der Waals surface area contributed by atoms with E-state index in [2.05, 4.69) is 0 Å². The molecule has 0 aliphatic carbocycles. The Labute approximate surface area is 77.6 Å². The highest BCUT2D eigenvalue weighted by atomic mass is 16.3. The second-order valence-corrected chi connectivity index (χ2v) is 3.48. The number of aromatic nitrogens is 1. The molecule has 1 N–H and O–H groups in total. The van der Waals surface area contributed by atoms with E-state index in [0.717, 1.165) is 12.1 Å². The normalized spacial score (nSPS) is 12.8. The van der Waals surface area contributed by atoms with E-state index < -0.39 is 0 Å². The van der Waals surface area contributed by atoms with Crippen LogP contribution in [0.2, 0.25) is 0 Å². The molecule has 1 rings (SSSR count). The second kappa shape index (κ2) is 4.23. The number of pyridine rings is 1. The van der Waals surface area contributed by atoms with E-state index in [4.69, 9.17) is 5.11 Å². The van der Waals surface area contributed by atoms with Gasteiger partial charge < -0.3 is 9.67 Å². The van der Waals surface area contributed by atoms with Gasteiger partial charge in [0.2, 0.25) is 0 Å². The molecule has 0 spiro atoms. The number of aryl methyl sites for hydroxylation is 1. The van der Waals surface area contributed by atoms with Gasteiger partial charge in [-0.15, -0.1) is 0 Å². The standard InChI is InChI=1S/C10H15NO2/c1-8(7-12)5-11-4-3-10(13)9(2)6-11/h3-4,6,8,12H,5,7H2,1-2H3. The predicted molar refractivity (Wildman–Crippen MR) is 51.7 cm³/mol. The Morgan fingerprint density at radius 2 is 2.31 bits per heavy atom. The highest BCUT2D eigenvalue weighted by Crippen LogP contribution is 1.99. The average molecular weight is 181 g/mol. The first-order chi connectivity index (χ1) is 6.13. The molecule has 0 amide bonds. The van der Waals surface area contributed by atoms with E-state index in [-0.39, 0.29) is 18.0 Å². The van der Waals surface area contributed by atoms with Crippen LogP contribution >= 0.6 is 0 Å². The summed E-state index contributed by atoms with van der Waals surface area (Å²) in [4.78, 5) is 11.1. The molecule has 0 bridgehead atoms. The predicted octanol–water partition coefficient (Wildman–Crippen LogP) is 0.785. The Balaban J connectivity index is 2.79. The average Bonchev–Trinajstić information content (AvgIpc) is 2.11. The van der Waals surface area contributed by atoms with Crippen LogP contribution in [0.3, 0.4) is 0 Å². The van der Waals surface area contributed by atoms with Gasteiger partial charge in [0.15, 0.2) is 5.43 Å². The Morgan fingerprint density at radius 3 is 2.85 bits per heavy atom. The quantitative estimate of drug-likeness (QED) is 0.749. The van der Waals surface area contributed by atoms with Crippen molar-refractivity contribution in [2.45, 2.75) is 20.4 Å². The summed E-state index contributed by atoms with van der Waals surface area (Å²) in [5, 5.41) is 8.84. The topological polar surface area (TPSA) is 42.2 Å². The maximum Gasteiger partial charge on any atom is 0.184 e. The zero-order valence-corrected chi connectivity index (χ0v) is 8.03. The fourth-order valence-corrected chi connectivity index (χ4v) is 1.18. The van der Waals surface area contributed by atoms with Gasteiger partial charge in [-0.2, -0.15) is 0 Å². The van der Waals surface area contributed by atoms with E-state index >= 15 is 0 Å². The lowest BCUT2D eigenvalue weighted by Gasteiger charge is -2.11. The van der Waals surface area contributed by atoms with Crippen LogP contribution in [0, 0.1) is 12.8 Å². The third kappa shape index (κ3) is 2.70. The molecule has 0 aliphatic heterocycles. The lowest BCUT2D eigenvalue weighted by atomic mass is 10.2. The van der Waals surface area contributed by atoms with Crippen molar-refractivity contribution in [2.24, 2.45) is 5.92 Å². The minimum absolute atomic E-state index is 0.0629. The SMILES string of the molecule is Cc1cn(CC(C)CO)ccc1=O. The molecule has 3 heteroatoms. The Kier molecular flexibility index (Phi) is 3.25. The van der Waals surface area contributed by atoms with Gasteiger partial charge in [0.1, 0.15) is 0 Å². The molecule has 0 fully saturated rings. The molecule has 0 radical (unpaired) electrons. The molecule has 1 heterocycles. The molecular formula is C10H15NO2. The highest BCUT2D eigenvalue weighted by molar-refractivity contribution is 5.07. The lowest BCUT2D eigenvalue weighted by Crippen LogP contribution is -2.14. The van der Waals surface area contributed by atoms with Gasteiger partial charge >= 0.3 is 0 Å². The van der Waals surface area contributed by atoms with Crippen LogP contribution in [0.25, 0.3) is 0 Å². The number of hydrogen-bond donors (Lipinski definition) is 1. The number of nitrogens with zero attached hydrogens (tertiary/aromatic N) is 1. The third-order valence-electron chi connectivity index (χ3n) is 2.00. The molecule has 0 saturated heterocycles. The Bertz CT molecular complexity index is 330. The number of aliphatic hydroxyl groups excluding tert-OH is 1.